The predicted molar refractivity (Wildman–Crippen MR) is 70.2 cm³/mol. The zero-order valence-corrected chi connectivity index (χ0v) is 11.0. The molecule has 4 heteroatoms. The van der Waals surface area contributed by atoms with Crippen LogP contribution in [0.4, 0.5) is 4.79 Å². The highest BCUT2D eigenvalue weighted by atomic mass is 16.4. The Morgan fingerprint density at radius 3 is 2.83 bits per heavy atom. The van der Waals surface area contributed by atoms with E-state index in [1.807, 2.05) is 26.0 Å². The van der Waals surface area contributed by atoms with Gasteiger partial charge in [0.1, 0.15) is 0 Å². The molecule has 0 radical (unpaired) electrons. The van der Waals surface area contributed by atoms with Crippen molar-refractivity contribution in [3.05, 3.63) is 35.2 Å². The van der Waals surface area contributed by atoms with Gasteiger partial charge < -0.3 is 5.11 Å². The summed E-state index contributed by atoms with van der Waals surface area (Å²) in [5, 5.41) is 9.28. The average Bonchev–Trinajstić information content (AvgIpc) is 2.32. The number of hydrogen-bond acceptors (Lipinski definition) is 2. The number of allylic oxidation sites excluding steroid dienone is 1. The van der Waals surface area contributed by atoms with Crippen molar-refractivity contribution in [3.63, 3.8) is 0 Å². The Morgan fingerprint density at radius 2 is 2.22 bits per heavy atom. The first-order chi connectivity index (χ1) is 8.49. The van der Waals surface area contributed by atoms with Crippen molar-refractivity contribution in [2.45, 2.75) is 27.2 Å². The van der Waals surface area contributed by atoms with Crippen molar-refractivity contribution in [3.8, 4) is 0 Å². The molecular weight excluding hydrogens is 228 g/mol. The third kappa shape index (κ3) is 2.37. The summed E-state index contributed by atoms with van der Waals surface area (Å²) in [6.45, 7) is 6.55. The van der Waals surface area contributed by atoms with E-state index in [4.69, 9.17) is 0 Å². The molecule has 1 N–H and O–H groups in total. The number of carbonyl (C=O) groups is 1. The van der Waals surface area contributed by atoms with Gasteiger partial charge in [-0.1, -0.05) is 13.0 Å². The molecule has 1 aliphatic heterocycles. The van der Waals surface area contributed by atoms with Crippen LogP contribution in [0, 0.1) is 19.8 Å². The van der Waals surface area contributed by atoms with Crippen LogP contribution >= 0.6 is 0 Å². The van der Waals surface area contributed by atoms with E-state index in [1.54, 1.807) is 6.20 Å². The van der Waals surface area contributed by atoms with Gasteiger partial charge in [0, 0.05) is 24.0 Å². The van der Waals surface area contributed by atoms with E-state index < -0.39 is 6.09 Å². The van der Waals surface area contributed by atoms with Gasteiger partial charge in [-0.3, -0.25) is 9.88 Å². The van der Waals surface area contributed by atoms with Crippen molar-refractivity contribution in [2.24, 2.45) is 5.92 Å². The van der Waals surface area contributed by atoms with Crippen molar-refractivity contribution in [2.75, 3.05) is 6.54 Å². The summed E-state index contributed by atoms with van der Waals surface area (Å²) >= 11 is 0. The highest BCUT2D eigenvalue weighted by Gasteiger charge is 2.24. The van der Waals surface area contributed by atoms with Crippen LogP contribution in [0.2, 0.25) is 0 Å². The monoisotopic (exact) mass is 246 g/mol. The number of hydrogen-bond donors (Lipinski definition) is 1. The Hall–Kier alpha value is -1.84. The van der Waals surface area contributed by atoms with Crippen molar-refractivity contribution < 1.29 is 9.90 Å². The summed E-state index contributed by atoms with van der Waals surface area (Å²) in [5.74, 6) is 0.365. The second-order valence-electron chi connectivity index (χ2n) is 4.95. The summed E-state index contributed by atoms with van der Waals surface area (Å²) in [5.41, 5.74) is 3.70. The number of rotatable bonds is 1. The van der Waals surface area contributed by atoms with E-state index in [1.165, 1.54) is 4.90 Å². The highest BCUT2D eigenvalue weighted by molar-refractivity contribution is 5.81. The fourth-order valence-electron chi connectivity index (χ4n) is 2.15. The van der Waals surface area contributed by atoms with E-state index >= 15 is 0 Å². The molecule has 96 valence electrons. The van der Waals surface area contributed by atoms with Gasteiger partial charge in [-0.15, -0.1) is 0 Å². The van der Waals surface area contributed by atoms with Crippen molar-refractivity contribution in [1.29, 1.82) is 0 Å². The first-order valence-corrected chi connectivity index (χ1v) is 6.13. The lowest BCUT2D eigenvalue weighted by atomic mass is 9.98. The minimum absolute atomic E-state index is 0.365. The van der Waals surface area contributed by atoms with E-state index in [-0.39, 0.29) is 0 Å². The lowest BCUT2D eigenvalue weighted by Crippen LogP contribution is -2.34. The molecule has 18 heavy (non-hydrogen) atoms. The van der Waals surface area contributed by atoms with E-state index in [0.717, 1.165) is 28.9 Å². The minimum Gasteiger partial charge on any atom is -0.465 e. The maximum atomic E-state index is 11.3. The molecular formula is C14H18N2O2. The summed E-state index contributed by atoms with van der Waals surface area (Å²) in [6, 6.07) is 2.00. The molecule has 0 saturated carbocycles. The molecule has 0 bridgehead atoms. The third-order valence-corrected chi connectivity index (χ3v) is 3.37. The molecule has 1 aromatic rings. The molecule has 0 spiro atoms. The largest absolute Gasteiger partial charge is 0.465 e. The van der Waals surface area contributed by atoms with Gasteiger partial charge in [0.2, 0.25) is 0 Å². The molecule has 0 aliphatic carbocycles. The Labute approximate surface area is 107 Å². The summed E-state index contributed by atoms with van der Waals surface area (Å²) < 4.78 is 0. The minimum atomic E-state index is -0.897. The normalized spacial score (nSPS) is 19.6. The average molecular weight is 246 g/mol. The van der Waals surface area contributed by atoms with Crippen LogP contribution in [-0.4, -0.2) is 27.6 Å². The van der Waals surface area contributed by atoms with Crippen molar-refractivity contribution in [1.82, 2.24) is 9.88 Å². The van der Waals surface area contributed by atoms with Gasteiger partial charge in [-0.2, -0.15) is 0 Å². The first-order valence-electron chi connectivity index (χ1n) is 6.13. The van der Waals surface area contributed by atoms with Crippen LogP contribution in [0.15, 0.2) is 18.3 Å². The molecule has 2 rings (SSSR count). The van der Waals surface area contributed by atoms with Crippen LogP contribution in [0.3, 0.4) is 0 Å². The Bertz CT molecular complexity index is 509. The van der Waals surface area contributed by atoms with Gasteiger partial charge in [0.05, 0.1) is 5.70 Å². The van der Waals surface area contributed by atoms with E-state index in [0.29, 0.717) is 12.5 Å². The van der Waals surface area contributed by atoms with Gasteiger partial charge in [-0.25, -0.2) is 4.79 Å². The summed E-state index contributed by atoms with van der Waals surface area (Å²) in [6.07, 6.45) is 3.76. The van der Waals surface area contributed by atoms with E-state index in [2.05, 4.69) is 11.9 Å². The van der Waals surface area contributed by atoms with Gasteiger partial charge in [0.15, 0.2) is 0 Å². The molecule has 0 fully saturated rings. The Morgan fingerprint density at radius 1 is 1.50 bits per heavy atom. The highest BCUT2D eigenvalue weighted by Crippen LogP contribution is 2.27. The van der Waals surface area contributed by atoms with Gasteiger partial charge in [0.25, 0.3) is 0 Å². The zero-order chi connectivity index (χ0) is 13.3. The number of nitrogens with zero attached hydrogens (tertiary/aromatic N) is 2. The standard InChI is InChI=1S/C14H18N2O2/c1-9-4-5-13(16(8-9)14(17)18)12-6-10(2)11(3)15-7-12/h5-7,9H,4,8H2,1-3H3,(H,17,18)/t9-/m0/s1. The number of aryl methyl sites for hydroxylation is 2. The maximum Gasteiger partial charge on any atom is 0.411 e. The molecule has 1 aromatic heterocycles. The van der Waals surface area contributed by atoms with Gasteiger partial charge >= 0.3 is 6.09 Å². The molecule has 0 unspecified atom stereocenters. The number of amides is 1. The fraction of sp³-hybridized carbons (Fsp3) is 0.429. The van der Waals surface area contributed by atoms with Crippen LogP contribution in [0.1, 0.15) is 30.2 Å². The maximum absolute atomic E-state index is 11.3. The van der Waals surface area contributed by atoms with Crippen molar-refractivity contribution >= 4 is 11.8 Å². The topological polar surface area (TPSA) is 53.4 Å². The molecule has 4 nitrogen and oxygen atoms in total. The van der Waals surface area contributed by atoms with Crippen LogP contribution in [0.5, 0.6) is 0 Å². The lowest BCUT2D eigenvalue weighted by molar-refractivity contribution is 0.159. The van der Waals surface area contributed by atoms with Crippen LogP contribution < -0.4 is 0 Å². The number of carboxylic acid groups (broad SMARTS) is 1. The van der Waals surface area contributed by atoms with E-state index in [9.17, 15) is 9.90 Å². The molecule has 1 aliphatic rings. The van der Waals surface area contributed by atoms with Gasteiger partial charge in [-0.05, 0) is 37.8 Å². The zero-order valence-electron chi connectivity index (χ0n) is 11.0. The molecule has 1 amide bonds. The second-order valence-corrected chi connectivity index (χ2v) is 4.95. The first kappa shape index (κ1) is 12.6. The number of pyridine rings is 1. The Balaban J connectivity index is 2.40. The molecule has 0 saturated heterocycles. The molecule has 1 atom stereocenters. The quantitative estimate of drug-likeness (QED) is 0.828. The fourth-order valence-corrected chi connectivity index (χ4v) is 2.15. The lowest BCUT2D eigenvalue weighted by Gasteiger charge is -2.30. The number of aromatic nitrogens is 1. The predicted octanol–water partition coefficient (Wildman–Crippen LogP) is 3.06. The SMILES string of the molecule is Cc1cc(C2=CC[C@H](C)CN2C(=O)O)cnc1C. The summed E-state index contributed by atoms with van der Waals surface area (Å²) in [7, 11) is 0. The smallest absolute Gasteiger partial charge is 0.411 e. The second kappa shape index (κ2) is 4.80. The molecule has 0 aromatic carbocycles. The van der Waals surface area contributed by atoms with Crippen LogP contribution in [-0.2, 0) is 0 Å². The Kier molecular flexibility index (Phi) is 3.36. The third-order valence-electron chi connectivity index (χ3n) is 3.37. The summed E-state index contributed by atoms with van der Waals surface area (Å²) in [4.78, 5) is 17.0. The van der Waals surface area contributed by atoms with Crippen LogP contribution in [0.25, 0.3) is 5.70 Å². The molecule has 2 heterocycles.